The standard InChI is InChI=1S/C26H32ClN9O2S/c1-7-23(37)30-17-14-18(20(38-6)15-19(17)35(5)12-11-34(3)4)31-26-29-10-9-22(32-26)36-25-16(13-21(27)39-25)24(33-36)28-8-2/h7,9-10,13-15H,1,8,11-12H2,2-6H3,(H,28,33)(H,30,37)(H,29,31,32). The molecule has 1 aromatic carbocycles. The second-order valence-electron chi connectivity index (χ2n) is 8.91. The zero-order valence-corrected chi connectivity index (χ0v) is 24.2. The van der Waals surface area contributed by atoms with Crippen LogP contribution in [0.15, 0.2) is 43.1 Å². The highest BCUT2D eigenvalue weighted by molar-refractivity contribution is 7.22. The molecule has 0 radical (unpaired) electrons. The average molecular weight is 570 g/mol. The molecule has 0 saturated carbocycles. The number of anilines is 5. The Balaban J connectivity index is 1.71. The molecule has 3 heterocycles. The van der Waals surface area contributed by atoms with Crippen LogP contribution in [0.5, 0.6) is 5.75 Å². The van der Waals surface area contributed by atoms with Crippen molar-refractivity contribution in [1.29, 1.82) is 0 Å². The number of likely N-dealkylation sites (N-methyl/N-ethyl adjacent to an activating group) is 2. The first kappa shape index (κ1) is 28.1. The highest BCUT2D eigenvalue weighted by atomic mass is 35.5. The van der Waals surface area contributed by atoms with Gasteiger partial charge in [-0.05, 0) is 39.2 Å². The Bertz CT molecular complexity index is 1480. The summed E-state index contributed by atoms with van der Waals surface area (Å²) >= 11 is 7.73. The van der Waals surface area contributed by atoms with E-state index in [0.717, 1.165) is 41.4 Å². The first-order valence-electron chi connectivity index (χ1n) is 12.3. The van der Waals surface area contributed by atoms with Crippen molar-refractivity contribution in [1.82, 2.24) is 24.6 Å². The third kappa shape index (κ3) is 6.41. The van der Waals surface area contributed by atoms with Crippen LogP contribution in [-0.4, -0.2) is 78.4 Å². The van der Waals surface area contributed by atoms with Crippen molar-refractivity contribution in [3.8, 4) is 11.6 Å². The Morgan fingerprint density at radius 2 is 2.03 bits per heavy atom. The van der Waals surface area contributed by atoms with E-state index in [1.54, 1.807) is 30.1 Å². The van der Waals surface area contributed by atoms with Gasteiger partial charge < -0.3 is 30.5 Å². The minimum atomic E-state index is -0.319. The molecule has 11 nitrogen and oxygen atoms in total. The number of benzene rings is 1. The molecule has 206 valence electrons. The molecule has 1 amide bonds. The summed E-state index contributed by atoms with van der Waals surface area (Å²) in [5, 5.41) is 15.0. The van der Waals surface area contributed by atoms with E-state index in [2.05, 4.69) is 37.3 Å². The van der Waals surface area contributed by atoms with Crippen molar-refractivity contribution in [2.75, 3.05) is 68.7 Å². The van der Waals surface area contributed by atoms with Gasteiger partial charge in [-0.15, -0.1) is 16.4 Å². The van der Waals surface area contributed by atoms with Gasteiger partial charge in [-0.25, -0.2) is 9.67 Å². The quantitative estimate of drug-likeness (QED) is 0.206. The highest BCUT2D eigenvalue weighted by Crippen LogP contribution is 2.38. The van der Waals surface area contributed by atoms with Gasteiger partial charge in [0.05, 0.1) is 33.9 Å². The average Bonchev–Trinajstić information content (AvgIpc) is 3.45. The fraction of sp³-hybridized carbons (Fsp3) is 0.308. The molecule has 3 aromatic heterocycles. The van der Waals surface area contributed by atoms with Crippen LogP contribution in [0.4, 0.5) is 28.8 Å². The fourth-order valence-corrected chi connectivity index (χ4v) is 5.06. The second-order valence-corrected chi connectivity index (χ2v) is 10.6. The van der Waals surface area contributed by atoms with Gasteiger partial charge in [-0.3, -0.25) is 4.79 Å². The summed E-state index contributed by atoms with van der Waals surface area (Å²) in [6, 6.07) is 7.33. The van der Waals surface area contributed by atoms with Crippen molar-refractivity contribution in [3.05, 3.63) is 47.5 Å². The fourth-order valence-electron chi connectivity index (χ4n) is 3.89. The zero-order valence-electron chi connectivity index (χ0n) is 22.6. The van der Waals surface area contributed by atoms with Crippen molar-refractivity contribution in [3.63, 3.8) is 0 Å². The van der Waals surface area contributed by atoms with Crippen LogP contribution in [0, 0.1) is 0 Å². The topological polar surface area (TPSA) is 112 Å². The molecule has 0 aliphatic heterocycles. The predicted octanol–water partition coefficient (Wildman–Crippen LogP) is 4.84. The summed E-state index contributed by atoms with van der Waals surface area (Å²) in [5.74, 6) is 1.88. The maximum atomic E-state index is 12.2. The minimum Gasteiger partial charge on any atom is -0.494 e. The monoisotopic (exact) mass is 569 g/mol. The van der Waals surface area contributed by atoms with Crippen LogP contribution >= 0.6 is 22.9 Å². The first-order valence-corrected chi connectivity index (χ1v) is 13.5. The second kappa shape index (κ2) is 12.3. The van der Waals surface area contributed by atoms with Crippen molar-refractivity contribution in [2.24, 2.45) is 0 Å². The third-order valence-electron chi connectivity index (χ3n) is 5.83. The Labute approximate surface area is 236 Å². The molecular weight excluding hydrogens is 538 g/mol. The number of carbonyl (C=O) groups is 1. The summed E-state index contributed by atoms with van der Waals surface area (Å²) in [6.07, 6.45) is 2.88. The zero-order chi connectivity index (χ0) is 28.1. The van der Waals surface area contributed by atoms with Gasteiger partial charge in [0.25, 0.3) is 0 Å². The number of halogens is 1. The third-order valence-corrected chi connectivity index (χ3v) is 7.07. The van der Waals surface area contributed by atoms with Gasteiger partial charge in [0, 0.05) is 45.0 Å². The van der Waals surface area contributed by atoms with Crippen LogP contribution < -0.4 is 25.6 Å². The van der Waals surface area contributed by atoms with Crippen LogP contribution in [0.2, 0.25) is 4.34 Å². The van der Waals surface area contributed by atoms with Gasteiger partial charge in [0.15, 0.2) is 11.6 Å². The molecule has 0 spiro atoms. The number of ether oxygens (including phenoxy) is 1. The molecule has 0 saturated heterocycles. The van der Waals surface area contributed by atoms with Crippen molar-refractivity contribution in [2.45, 2.75) is 6.92 Å². The van der Waals surface area contributed by atoms with E-state index in [4.69, 9.17) is 26.4 Å². The van der Waals surface area contributed by atoms with Gasteiger partial charge in [-0.1, -0.05) is 18.2 Å². The SMILES string of the molecule is C=CC(=O)Nc1cc(Nc2nccc(-n3nc(NCC)c4cc(Cl)sc43)n2)c(OC)cc1N(C)CCN(C)C. The molecule has 0 aliphatic carbocycles. The highest BCUT2D eigenvalue weighted by Gasteiger charge is 2.19. The van der Waals surface area contributed by atoms with Crippen LogP contribution in [0.1, 0.15) is 6.92 Å². The maximum absolute atomic E-state index is 12.2. The lowest BCUT2D eigenvalue weighted by Gasteiger charge is -2.26. The van der Waals surface area contributed by atoms with Gasteiger partial charge in [0.2, 0.25) is 11.9 Å². The van der Waals surface area contributed by atoms with E-state index >= 15 is 0 Å². The summed E-state index contributed by atoms with van der Waals surface area (Å²) in [4.78, 5) is 26.4. The molecule has 13 heteroatoms. The number of nitrogens with zero attached hydrogens (tertiary/aromatic N) is 6. The lowest BCUT2D eigenvalue weighted by molar-refractivity contribution is -0.111. The maximum Gasteiger partial charge on any atom is 0.247 e. The predicted molar refractivity (Wildman–Crippen MR) is 161 cm³/mol. The van der Waals surface area contributed by atoms with Crippen molar-refractivity contribution >= 4 is 67.9 Å². The molecule has 39 heavy (non-hydrogen) atoms. The molecular formula is C26H32ClN9O2S. The molecule has 4 aromatic rings. The molecule has 0 atom stereocenters. The van der Waals surface area contributed by atoms with Crippen LogP contribution in [-0.2, 0) is 4.79 Å². The Kier molecular flexibility index (Phi) is 8.90. The molecule has 0 fully saturated rings. The summed E-state index contributed by atoms with van der Waals surface area (Å²) in [7, 11) is 7.58. The van der Waals surface area contributed by atoms with Gasteiger partial charge in [0.1, 0.15) is 10.6 Å². The van der Waals surface area contributed by atoms with Crippen molar-refractivity contribution < 1.29 is 9.53 Å². The van der Waals surface area contributed by atoms with Crippen LogP contribution in [0.3, 0.4) is 0 Å². The largest absolute Gasteiger partial charge is 0.494 e. The van der Waals surface area contributed by atoms with E-state index < -0.39 is 0 Å². The summed E-state index contributed by atoms with van der Waals surface area (Å²) in [6.45, 7) is 7.88. The summed E-state index contributed by atoms with van der Waals surface area (Å²) in [5.41, 5.74) is 1.98. The molecule has 0 bridgehead atoms. The van der Waals surface area contributed by atoms with E-state index in [1.807, 2.05) is 40.2 Å². The number of hydrogen-bond acceptors (Lipinski definition) is 10. The number of amides is 1. The van der Waals surface area contributed by atoms with E-state index in [9.17, 15) is 4.79 Å². The number of carbonyl (C=O) groups excluding carboxylic acids is 1. The minimum absolute atomic E-state index is 0.319. The number of nitrogens with one attached hydrogen (secondary N) is 3. The molecule has 0 aliphatic rings. The number of aromatic nitrogens is 4. The smallest absolute Gasteiger partial charge is 0.247 e. The number of fused-ring (bicyclic) bond motifs is 1. The van der Waals surface area contributed by atoms with Gasteiger partial charge >= 0.3 is 0 Å². The van der Waals surface area contributed by atoms with E-state index in [0.29, 0.717) is 33.2 Å². The number of rotatable bonds is 12. The first-order chi connectivity index (χ1) is 18.7. The Hall–Kier alpha value is -3.87. The Morgan fingerprint density at radius 3 is 2.72 bits per heavy atom. The Morgan fingerprint density at radius 1 is 1.23 bits per heavy atom. The lowest BCUT2D eigenvalue weighted by Crippen LogP contribution is -2.29. The van der Waals surface area contributed by atoms with E-state index in [-0.39, 0.29) is 5.91 Å². The molecule has 4 rings (SSSR count). The summed E-state index contributed by atoms with van der Waals surface area (Å²) < 4.78 is 8.11. The lowest BCUT2D eigenvalue weighted by atomic mass is 10.2. The number of hydrogen-bond donors (Lipinski definition) is 3. The van der Waals surface area contributed by atoms with E-state index in [1.165, 1.54) is 17.4 Å². The van der Waals surface area contributed by atoms with Gasteiger partial charge in [-0.2, -0.15) is 4.98 Å². The van der Waals surface area contributed by atoms with Crippen LogP contribution in [0.25, 0.3) is 16.0 Å². The number of methoxy groups -OCH3 is 1. The molecule has 0 unspecified atom stereocenters. The number of thiophene rings is 1. The molecule has 3 N–H and O–H groups in total. The normalized spacial score (nSPS) is 11.1.